The van der Waals surface area contributed by atoms with Gasteiger partial charge >= 0.3 is 0 Å². The topological polar surface area (TPSA) is 55.2 Å². The smallest absolute Gasteiger partial charge is 0.259 e. The maximum absolute atomic E-state index is 14.6. The number of hydrogen-bond donors (Lipinski definition) is 0. The second kappa shape index (κ2) is 9.11. The molecule has 0 saturated carbocycles. The van der Waals surface area contributed by atoms with E-state index >= 15 is 0 Å². The molecule has 1 aliphatic rings. The van der Waals surface area contributed by atoms with Crippen LogP contribution in [-0.4, -0.2) is 26.9 Å². The van der Waals surface area contributed by atoms with Gasteiger partial charge in [0.1, 0.15) is 5.82 Å². The predicted molar refractivity (Wildman–Crippen MR) is 127 cm³/mol. The lowest BCUT2D eigenvalue weighted by Gasteiger charge is -2.31. The van der Waals surface area contributed by atoms with E-state index < -0.39 is 5.82 Å². The number of carbonyl (C=O) groups excluding carboxylic acids is 1. The second-order valence-electron chi connectivity index (χ2n) is 8.08. The Bertz CT molecular complexity index is 1350. The fourth-order valence-corrected chi connectivity index (χ4v) is 5.01. The maximum atomic E-state index is 14.6. The minimum absolute atomic E-state index is 0.0578. The van der Waals surface area contributed by atoms with Crippen LogP contribution in [0.3, 0.4) is 0 Å². The summed E-state index contributed by atoms with van der Waals surface area (Å²) < 4.78 is 16.4. The number of carbonyl (C=O) groups is 1. The molecule has 7 heteroatoms. The standard InChI is InChI=1S/C26H22FN3O2S/c27-23-6-2-1-5-21(23)22-14-19-17-29(25(31)15-20-4-3-13-33-20)12-9-24(19)30(26(22)32)16-18-7-10-28-11-8-18/h1-8,10-11,13-14H,9,12,15-17H2. The molecular weight excluding hydrogens is 437 g/mol. The molecule has 0 spiro atoms. The highest BCUT2D eigenvalue weighted by Gasteiger charge is 2.26. The van der Waals surface area contributed by atoms with Crippen molar-refractivity contribution >= 4 is 17.2 Å². The molecule has 0 bridgehead atoms. The quantitative estimate of drug-likeness (QED) is 0.448. The van der Waals surface area contributed by atoms with Gasteiger partial charge in [-0.3, -0.25) is 14.6 Å². The minimum atomic E-state index is -0.438. The van der Waals surface area contributed by atoms with Crippen LogP contribution < -0.4 is 5.56 Å². The number of benzene rings is 1. The van der Waals surface area contributed by atoms with Crippen LogP contribution in [0.2, 0.25) is 0 Å². The molecule has 0 saturated heterocycles. The van der Waals surface area contributed by atoms with Gasteiger partial charge in [0.15, 0.2) is 0 Å². The lowest BCUT2D eigenvalue weighted by atomic mass is 9.98. The number of rotatable bonds is 5. The minimum Gasteiger partial charge on any atom is -0.338 e. The van der Waals surface area contributed by atoms with Gasteiger partial charge in [0.05, 0.1) is 18.5 Å². The van der Waals surface area contributed by atoms with E-state index in [-0.39, 0.29) is 17.0 Å². The molecule has 0 fully saturated rings. The number of aromatic nitrogens is 2. The van der Waals surface area contributed by atoms with Crippen LogP contribution in [0.4, 0.5) is 4.39 Å². The van der Waals surface area contributed by atoms with E-state index in [1.54, 1.807) is 52.6 Å². The van der Waals surface area contributed by atoms with E-state index in [4.69, 9.17) is 0 Å². The molecule has 166 valence electrons. The van der Waals surface area contributed by atoms with Crippen LogP contribution in [0.5, 0.6) is 0 Å². The first-order valence-electron chi connectivity index (χ1n) is 10.8. The van der Waals surface area contributed by atoms with Crippen LogP contribution in [0.1, 0.15) is 21.7 Å². The zero-order chi connectivity index (χ0) is 22.8. The number of hydrogen-bond acceptors (Lipinski definition) is 4. The summed E-state index contributed by atoms with van der Waals surface area (Å²) in [5.74, 6) is -0.381. The summed E-state index contributed by atoms with van der Waals surface area (Å²) in [6.07, 6.45) is 4.32. The van der Waals surface area contributed by atoms with Crippen LogP contribution in [0, 0.1) is 5.82 Å². The van der Waals surface area contributed by atoms with Crippen LogP contribution in [0.15, 0.2) is 77.2 Å². The number of halogens is 1. The number of fused-ring (bicyclic) bond motifs is 1. The fraction of sp³-hybridized carbons (Fsp3) is 0.192. The van der Waals surface area contributed by atoms with Gasteiger partial charge in [-0.1, -0.05) is 24.3 Å². The zero-order valence-electron chi connectivity index (χ0n) is 17.9. The van der Waals surface area contributed by atoms with Gasteiger partial charge in [0, 0.05) is 48.0 Å². The molecule has 33 heavy (non-hydrogen) atoms. The molecule has 0 unspecified atom stereocenters. The fourth-order valence-electron chi connectivity index (χ4n) is 4.32. The van der Waals surface area contributed by atoms with Crippen molar-refractivity contribution in [3.05, 3.63) is 110 Å². The van der Waals surface area contributed by atoms with E-state index in [2.05, 4.69) is 4.98 Å². The Morgan fingerprint density at radius 2 is 1.88 bits per heavy atom. The second-order valence-corrected chi connectivity index (χ2v) is 9.11. The number of pyridine rings is 2. The van der Waals surface area contributed by atoms with Gasteiger partial charge in [0.25, 0.3) is 5.56 Å². The molecule has 1 aliphatic heterocycles. The summed E-state index contributed by atoms with van der Waals surface area (Å²) in [6.45, 7) is 1.32. The third kappa shape index (κ3) is 4.36. The van der Waals surface area contributed by atoms with Crippen molar-refractivity contribution in [1.82, 2.24) is 14.5 Å². The molecule has 0 N–H and O–H groups in total. The van der Waals surface area contributed by atoms with Crippen molar-refractivity contribution in [3.8, 4) is 11.1 Å². The highest BCUT2D eigenvalue weighted by atomic mass is 32.1. The van der Waals surface area contributed by atoms with E-state index in [1.165, 1.54) is 6.07 Å². The third-order valence-electron chi connectivity index (χ3n) is 5.98. The van der Waals surface area contributed by atoms with Gasteiger partial charge < -0.3 is 9.47 Å². The lowest BCUT2D eigenvalue weighted by Crippen LogP contribution is -2.40. The van der Waals surface area contributed by atoms with Crippen molar-refractivity contribution in [1.29, 1.82) is 0 Å². The van der Waals surface area contributed by atoms with Crippen LogP contribution in [0.25, 0.3) is 11.1 Å². The van der Waals surface area contributed by atoms with Gasteiger partial charge in [-0.05, 0) is 46.8 Å². The average Bonchev–Trinajstić information content (AvgIpc) is 3.34. The van der Waals surface area contributed by atoms with Crippen molar-refractivity contribution in [2.24, 2.45) is 0 Å². The van der Waals surface area contributed by atoms with E-state index in [1.807, 2.05) is 34.5 Å². The Morgan fingerprint density at radius 1 is 1.06 bits per heavy atom. The third-order valence-corrected chi connectivity index (χ3v) is 6.86. The summed E-state index contributed by atoms with van der Waals surface area (Å²) in [5, 5.41) is 1.96. The Labute approximate surface area is 194 Å². The highest BCUT2D eigenvalue weighted by molar-refractivity contribution is 7.10. The summed E-state index contributed by atoms with van der Waals surface area (Å²) in [7, 11) is 0. The Balaban J connectivity index is 1.56. The molecular formula is C26H22FN3O2S. The molecule has 3 aromatic heterocycles. The molecule has 5 rings (SSSR count). The van der Waals surface area contributed by atoms with Crippen LogP contribution in [-0.2, 0) is 30.7 Å². The summed E-state index contributed by atoms with van der Waals surface area (Å²) in [4.78, 5) is 33.4. The highest BCUT2D eigenvalue weighted by Crippen LogP contribution is 2.26. The average molecular weight is 460 g/mol. The number of thiophene rings is 1. The molecule has 0 aliphatic carbocycles. The Kier molecular flexibility index (Phi) is 5.88. The molecule has 0 radical (unpaired) electrons. The van der Waals surface area contributed by atoms with Gasteiger partial charge in [-0.15, -0.1) is 11.3 Å². The molecule has 1 aromatic carbocycles. The predicted octanol–water partition coefficient (Wildman–Crippen LogP) is 4.29. The molecule has 5 nitrogen and oxygen atoms in total. The first kappa shape index (κ1) is 21.3. The van der Waals surface area contributed by atoms with Crippen molar-refractivity contribution in [2.45, 2.75) is 25.9 Å². The normalized spacial score (nSPS) is 13.1. The van der Waals surface area contributed by atoms with Crippen molar-refractivity contribution < 1.29 is 9.18 Å². The van der Waals surface area contributed by atoms with E-state index in [0.29, 0.717) is 38.0 Å². The summed E-state index contributed by atoms with van der Waals surface area (Å²) in [5.41, 5.74) is 3.08. The first-order chi connectivity index (χ1) is 16.1. The molecule has 1 amide bonds. The van der Waals surface area contributed by atoms with Gasteiger partial charge in [-0.2, -0.15) is 0 Å². The monoisotopic (exact) mass is 459 g/mol. The molecule has 4 aromatic rings. The summed E-state index contributed by atoms with van der Waals surface area (Å²) in [6, 6.07) is 15.7. The lowest BCUT2D eigenvalue weighted by molar-refractivity contribution is -0.131. The number of nitrogens with zero attached hydrogens (tertiary/aromatic N) is 3. The zero-order valence-corrected chi connectivity index (χ0v) is 18.7. The van der Waals surface area contributed by atoms with Crippen molar-refractivity contribution in [2.75, 3.05) is 6.54 Å². The van der Waals surface area contributed by atoms with E-state index in [9.17, 15) is 14.0 Å². The first-order valence-corrected chi connectivity index (χ1v) is 11.7. The Morgan fingerprint density at radius 3 is 2.64 bits per heavy atom. The van der Waals surface area contributed by atoms with Gasteiger partial charge in [-0.25, -0.2) is 4.39 Å². The SMILES string of the molecule is O=C(Cc1cccs1)N1CCc2c(cc(-c3ccccc3F)c(=O)n2Cc2ccncc2)C1. The largest absolute Gasteiger partial charge is 0.338 e. The van der Waals surface area contributed by atoms with Gasteiger partial charge in [0.2, 0.25) is 5.91 Å². The Hall–Kier alpha value is -3.58. The summed E-state index contributed by atoms with van der Waals surface area (Å²) >= 11 is 1.57. The molecule has 0 atom stereocenters. The van der Waals surface area contributed by atoms with E-state index in [0.717, 1.165) is 21.7 Å². The number of amides is 1. The van der Waals surface area contributed by atoms with Crippen LogP contribution >= 0.6 is 11.3 Å². The van der Waals surface area contributed by atoms with Crippen molar-refractivity contribution in [3.63, 3.8) is 0 Å². The maximum Gasteiger partial charge on any atom is 0.259 e. The molecule has 4 heterocycles.